The van der Waals surface area contributed by atoms with Crippen molar-refractivity contribution in [3.05, 3.63) is 16.4 Å². The first-order valence-corrected chi connectivity index (χ1v) is 6.32. The molecule has 1 aliphatic rings. The SMILES string of the molecule is COC1CN(c2nc3c(Cl)nc(Cl)cc3n2C)C1. The van der Waals surface area contributed by atoms with Crippen molar-refractivity contribution >= 4 is 40.2 Å². The highest BCUT2D eigenvalue weighted by Crippen LogP contribution is 2.30. The summed E-state index contributed by atoms with van der Waals surface area (Å²) in [5.41, 5.74) is 1.57. The average Bonchev–Trinajstić information content (AvgIpc) is 2.57. The first-order valence-electron chi connectivity index (χ1n) is 5.56. The van der Waals surface area contributed by atoms with Crippen molar-refractivity contribution < 1.29 is 4.74 Å². The first-order chi connectivity index (χ1) is 8.60. The van der Waals surface area contributed by atoms with E-state index >= 15 is 0 Å². The van der Waals surface area contributed by atoms with Crippen molar-refractivity contribution in [3.8, 4) is 0 Å². The topological polar surface area (TPSA) is 43.2 Å². The lowest BCUT2D eigenvalue weighted by Crippen LogP contribution is -2.52. The van der Waals surface area contributed by atoms with Gasteiger partial charge in [0.2, 0.25) is 5.95 Å². The second kappa shape index (κ2) is 4.26. The van der Waals surface area contributed by atoms with Gasteiger partial charge in [-0.3, -0.25) is 0 Å². The molecule has 0 radical (unpaired) electrons. The summed E-state index contributed by atoms with van der Waals surface area (Å²) >= 11 is 12.0. The van der Waals surface area contributed by atoms with Crippen LogP contribution in [0.25, 0.3) is 11.0 Å². The third-order valence-corrected chi connectivity index (χ3v) is 3.69. The fourth-order valence-corrected chi connectivity index (χ4v) is 2.60. The van der Waals surface area contributed by atoms with Crippen LogP contribution in [0.5, 0.6) is 0 Å². The van der Waals surface area contributed by atoms with Gasteiger partial charge < -0.3 is 14.2 Å². The molecular formula is C11H12Cl2N4O. The number of rotatable bonds is 2. The number of aromatic nitrogens is 3. The van der Waals surface area contributed by atoms with Crippen LogP contribution in [0, 0.1) is 0 Å². The molecule has 0 amide bonds. The molecule has 0 aromatic carbocycles. The molecule has 0 saturated carbocycles. The van der Waals surface area contributed by atoms with Crippen molar-refractivity contribution in [3.63, 3.8) is 0 Å². The van der Waals surface area contributed by atoms with Crippen molar-refractivity contribution in [2.75, 3.05) is 25.1 Å². The van der Waals surface area contributed by atoms with Gasteiger partial charge in [-0.15, -0.1) is 0 Å². The van der Waals surface area contributed by atoms with Crippen LogP contribution in [0.3, 0.4) is 0 Å². The summed E-state index contributed by atoms with van der Waals surface area (Å²) in [6, 6.07) is 1.77. The van der Waals surface area contributed by atoms with Gasteiger partial charge in [-0.1, -0.05) is 23.2 Å². The number of hydrogen-bond acceptors (Lipinski definition) is 4. The van der Waals surface area contributed by atoms with Crippen LogP contribution in [0.15, 0.2) is 6.07 Å². The van der Waals surface area contributed by atoms with Gasteiger partial charge in [0.1, 0.15) is 10.7 Å². The number of imidazole rings is 1. The Bertz CT molecular complexity index is 607. The Labute approximate surface area is 114 Å². The monoisotopic (exact) mass is 286 g/mol. The van der Waals surface area contributed by atoms with Crippen LogP contribution in [0.4, 0.5) is 5.95 Å². The average molecular weight is 287 g/mol. The van der Waals surface area contributed by atoms with E-state index in [2.05, 4.69) is 14.9 Å². The predicted molar refractivity (Wildman–Crippen MR) is 71.5 cm³/mol. The Hall–Kier alpha value is -1.04. The standard InChI is InChI=1S/C11H12Cl2N4O/c1-16-7-3-8(12)14-10(13)9(7)15-11(16)17-4-6(5-17)18-2/h3,6H,4-5H2,1-2H3. The molecule has 3 heterocycles. The fourth-order valence-electron chi connectivity index (χ4n) is 2.14. The van der Waals surface area contributed by atoms with E-state index in [1.165, 1.54) is 0 Å². The zero-order valence-electron chi connectivity index (χ0n) is 10.0. The Morgan fingerprint density at radius 3 is 2.72 bits per heavy atom. The molecule has 96 valence electrons. The molecule has 0 N–H and O–H groups in total. The smallest absolute Gasteiger partial charge is 0.206 e. The highest BCUT2D eigenvalue weighted by atomic mass is 35.5. The summed E-state index contributed by atoms with van der Waals surface area (Å²) in [7, 11) is 3.66. The molecule has 18 heavy (non-hydrogen) atoms. The first kappa shape index (κ1) is 12.0. The lowest BCUT2D eigenvalue weighted by atomic mass is 10.2. The molecule has 0 atom stereocenters. The van der Waals surface area contributed by atoms with Crippen molar-refractivity contribution in [1.82, 2.24) is 14.5 Å². The molecule has 3 rings (SSSR count). The molecular weight excluding hydrogens is 275 g/mol. The van der Waals surface area contributed by atoms with E-state index in [-0.39, 0.29) is 6.10 Å². The number of hydrogen-bond donors (Lipinski definition) is 0. The molecule has 1 saturated heterocycles. The van der Waals surface area contributed by atoms with Crippen molar-refractivity contribution in [2.24, 2.45) is 7.05 Å². The number of anilines is 1. The number of fused-ring (bicyclic) bond motifs is 1. The highest BCUT2D eigenvalue weighted by molar-refractivity contribution is 6.36. The number of pyridine rings is 1. The molecule has 2 aromatic rings. The third kappa shape index (κ3) is 1.74. The van der Waals surface area contributed by atoms with Crippen LogP contribution in [-0.2, 0) is 11.8 Å². The Balaban J connectivity index is 2.04. The van der Waals surface area contributed by atoms with E-state index in [1.54, 1.807) is 13.2 Å². The zero-order valence-corrected chi connectivity index (χ0v) is 11.5. The maximum Gasteiger partial charge on any atom is 0.206 e. The van der Waals surface area contributed by atoms with Gasteiger partial charge in [0, 0.05) is 33.3 Å². The largest absolute Gasteiger partial charge is 0.378 e. The van der Waals surface area contributed by atoms with Gasteiger partial charge >= 0.3 is 0 Å². The van der Waals surface area contributed by atoms with E-state index in [9.17, 15) is 0 Å². The second-order valence-corrected chi connectivity index (χ2v) is 5.08. The Morgan fingerprint density at radius 2 is 2.06 bits per heavy atom. The van der Waals surface area contributed by atoms with Gasteiger partial charge in [-0.2, -0.15) is 0 Å². The minimum absolute atomic E-state index is 0.280. The lowest BCUT2D eigenvalue weighted by Gasteiger charge is -2.38. The van der Waals surface area contributed by atoms with Gasteiger partial charge in [0.25, 0.3) is 0 Å². The predicted octanol–water partition coefficient (Wildman–Crippen LogP) is 2.11. The van der Waals surface area contributed by atoms with Crippen LogP contribution in [-0.4, -0.2) is 40.8 Å². The van der Waals surface area contributed by atoms with E-state index in [0.717, 1.165) is 24.6 Å². The van der Waals surface area contributed by atoms with E-state index in [0.29, 0.717) is 15.8 Å². The van der Waals surface area contributed by atoms with E-state index < -0.39 is 0 Å². The van der Waals surface area contributed by atoms with Crippen LogP contribution in [0.1, 0.15) is 0 Å². The van der Waals surface area contributed by atoms with Gasteiger partial charge in [0.15, 0.2) is 5.15 Å². The lowest BCUT2D eigenvalue weighted by molar-refractivity contribution is 0.0776. The molecule has 2 aromatic heterocycles. The molecule has 1 aliphatic heterocycles. The molecule has 7 heteroatoms. The number of aryl methyl sites for hydroxylation is 1. The summed E-state index contributed by atoms with van der Waals surface area (Å²) in [5, 5.41) is 0.712. The molecule has 1 fully saturated rings. The summed E-state index contributed by atoms with van der Waals surface area (Å²) < 4.78 is 7.23. The molecule has 0 bridgehead atoms. The minimum Gasteiger partial charge on any atom is -0.378 e. The van der Waals surface area contributed by atoms with Crippen molar-refractivity contribution in [1.29, 1.82) is 0 Å². The maximum atomic E-state index is 6.05. The van der Waals surface area contributed by atoms with Crippen LogP contribution in [0.2, 0.25) is 10.3 Å². The summed E-state index contributed by atoms with van der Waals surface area (Å²) in [6.07, 6.45) is 0.280. The van der Waals surface area contributed by atoms with Gasteiger partial charge in [0.05, 0.1) is 11.6 Å². The molecule has 5 nitrogen and oxygen atoms in total. The normalized spacial score (nSPS) is 16.3. The Kier molecular flexibility index (Phi) is 2.84. The summed E-state index contributed by atoms with van der Waals surface area (Å²) in [4.78, 5) is 10.7. The fraction of sp³-hybridized carbons (Fsp3) is 0.455. The number of methoxy groups -OCH3 is 1. The zero-order chi connectivity index (χ0) is 12.9. The maximum absolute atomic E-state index is 6.05. The van der Waals surface area contributed by atoms with Gasteiger partial charge in [-0.05, 0) is 0 Å². The molecule has 0 unspecified atom stereocenters. The van der Waals surface area contributed by atoms with Gasteiger partial charge in [-0.25, -0.2) is 9.97 Å². The number of nitrogens with zero attached hydrogens (tertiary/aromatic N) is 4. The summed E-state index contributed by atoms with van der Waals surface area (Å²) in [5.74, 6) is 0.865. The van der Waals surface area contributed by atoms with Crippen LogP contribution < -0.4 is 4.90 Å². The third-order valence-electron chi connectivity index (χ3n) is 3.24. The van der Waals surface area contributed by atoms with Crippen LogP contribution >= 0.6 is 23.2 Å². The Morgan fingerprint density at radius 1 is 1.33 bits per heavy atom. The highest BCUT2D eigenvalue weighted by Gasteiger charge is 2.30. The number of halogens is 2. The van der Waals surface area contributed by atoms with E-state index in [1.807, 2.05) is 11.6 Å². The number of ether oxygens (including phenoxy) is 1. The quantitative estimate of drug-likeness (QED) is 0.793. The van der Waals surface area contributed by atoms with E-state index in [4.69, 9.17) is 27.9 Å². The minimum atomic E-state index is 0.280. The summed E-state index contributed by atoms with van der Waals surface area (Å²) in [6.45, 7) is 1.68. The van der Waals surface area contributed by atoms with Crippen molar-refractivity contribution in [2.45, 2.75) is 6.10 Å². The molecule has 0 spiro atoms. The molecule has 0 aliphatic carbocycles. The second-order valence-electron chi connectivity index (χ2n) is 4.34.